The topological polar surface area (TPSA) is 0 Å². The fourth-order valence-corrected chi connectivity index (χ4v) is 6.29. The summed E-state index contributed by atoms with van der Waals surface area (Å²) < 4.78 is 0. The van der Waals surface area contributed by atoms with Gasteiger partial charge in [0, 0.05) is 5.38 Å². The number of unbranched alkanes of at least 4 members (excludes halogenated alkanes) is 1. The van der Waals surface area contributed by atoms with Crippen molar-refractivity contribution in [3.63, 3.8) is 0 Å². The molecule has 2 rings (SSSR count). The number of hydrogen-bond acceptors (Lipinski definition) is 0. The molecule has 2 heteroatoms. The van der Waals surface area contributed by atoms with E-state index in [9.17, 15) is 0 Å². The molecule has 2 aromatic carbocycles. The lowest BCUT2D eigenvalue weighted by atomic mass is 9.81. The molecule has 2 atom stereocenters. The van der Waals surface area contributed by atoms with Crippen LogP contribution in [0.4, 0.5) is 0 Å². The molecule has 0 aliphatic rings. The minimum absolute atomic E-state index is 0.290. The fourth-order valence-electron chi connectivity index (χ4n) is 4.10. The molecule has 0 aromatic heterocycles. The number of alkyl halides is 1. The molecule has 0 radical (unpaired) electrons. The Kier molecular flexibility index (Phi) is 9.71. The van der Waals surface area contributed by atoms with Crippen LogP contribution in [0.5, 0.6) is 0 Å². The number of hydrogen-bond donors (Lipinski definition) is 0. The van der Waals surface area contributed by atoms with E-state index < -0.39 is 0 Å². The molecule has 0 saturated heterocycles. The Hall–Kier alpha value is -0.840. The number of benzene rings is 2. The second-order valence-corrected chi connectivity index (χ2v) is 11.0. The van der Waals surface area contributed by atoms with Crippen molar-refractivity contribution in [2.75, 3.05) is 6.16 Å². The van der Waals surface area contributed by atoms with Crippen molar-refractivity contribution in [1.82, 2.24) is 0 Å². The molecule has 2 aromatic rings. The maximum absolute atomic E-state index is 6.72. The summed E-state index contributed by atoms with van der Waals surface area (Å²) in [6, 6.07) is 13.5. The fraction of sp³-hybridized carbons (Fsp3) is 0.556. The van der Waals surface area contributed by atoms with Crippen LogP contribution in [-0.4, -0.2) is 11.5 Å². The molecule has 0 bridgehead atoms. The predicted molar refractivity (Wildman–Crippen MR) is 136 cm³/mol. The molecule has 0 N–H and O–H groups in total. The lowest BCUT2D eigenvalue weighted by Gasteiger charge is -2.28. The van der Waals surface area contributed by atoms with Crippen LogP contribution >= 0.6 is 20.2 Å². The number of halogens is 1. The molecule has 0 fully saturated rings. The SMILES string of the molecule is CCCCC(Cl)CPc1c(C(C)C)cc(C(C)C)c(-c2ccccc2)c1C(C)C. The molecule has 0 amide bonds. The summed E-state index contributed by atoms with van der Waals surface area (Å²) in [4.78, 5) is 0. The standard InChI is InChI=1S/C27H40ClP/c1-8-9-15-22(28)17-29-27-24(19(4)5)16-23(18(2)3)26(25(27)20(6)7)21-13-11-10-12-14-21/h10-14,16,18-20,22,29H,8-9,15,17H2,1-7H3. The zero-order chi connectivity index (χ0) is 21.6. The van der Waals surface area contributed by atoms with Crippen LogP contribution in [0, 0.1) is 0 Å². The highest BCUT2D eigenvalue weighted by molar-refractivity contribution is 7.47. The van der Waals surface area contributed by atoms with Gasteiger partial charge in [0.15, 0.2) is 0 Å². The van der Waals surface area contributed by atoms with Crippen LogP contribution < -0.4 is 5.30 Å². The third-order valence-corrected chi connectivity index (χ3v) is 7.92. The first-order valence-corrected chi connectivity index (χ1v) is 13.1. The van der Waals surface area contributed by atoms with Crippen LogP contribution in [0.25, 0.3) is 11.1 Å². The molecular weight excluding hydrogens is 391 g/mol. The van der Waals surface area contributed by atoms with Gasteiger partial charge in [-0.3, -0.25) is 0 Å². The van der Waals surface area contributed by atoms with E-state index >= 15 is 0 Å². The molecule has 0 aliphatic carbocycles. The van der Waals surface area contributed by atoms with Gasteiger partial charge in [0.1, 0.15) is 0 Å². The van der Waals surface area contributed by atoms with E-state index in [1.54, 1.807) is 10.9 Å². The molecule has 0 spiro atoms. The Morgan fingerprint density at radius 1 is 0.862 bits per heavy atom. The minimum Gasteiger partial charge on any atom is -0.123 e. The summed E-state index contributed by atoms with van der Waals surface area (Å²) >= 11 is 6.72. The third-order valence-electron chi connectivity index (χ3n) is 5.68. The van der Waals surface area contributed by atoms with E-state index in [0.717, 1.165) is 21.2 Å². The predicted octanol–water partition coefficient (Wildman–Crippen LogP) is 8.83. The van der Waals surface area contributed by atoms with Crippen molar-refractivity contribution in [3.8, 4) is 11.1 Å². The Balaban J connectivity index is 2.66. The highest BCUT2D eigenvalue weighted by Crippen LogP contribution is 2.40. The summed E-state index contributed by atoms with van der Waals surface area (Å²) in [5, 5.41) is 1.87. The van der Waals surface area contributed by atoms with Crippen molar-refractivity contribution < 1.29 is 0 Å². The van der Waals surface area contributed by atoms with Gasteiger partial charge in [-0.2, -0.15) is 0 Å². The van der Waals surface area contributed by atoms with Crippen LogP contribution in [0.15, 0.2) is 36.4 Å². The average molecular weight is 431 g/mol. The van der Waals surface area contributed by atoms with Crippen molar-refractivity contribution in [2.45, 2.75) is 90.9 Å². The zero-order valence-electron chi connectivity index (χ0n) is 19.5. The third kappa shape index (κ3) is 6.32. The molecule has 0 nitrogen and oxygen atoms in total. The van der Waals surface area contributed by atoms with E-state index in [1.807, 2.05) is 0 Å². The first-order valence-electron chi connectivity index (χ1n) is 11.4. The molecule has 160 valence electrons. The lowest BCUT2D eigenvalue weighted by Crippen LogP contribution is -2.19. The largest absolute Gasteiger partial charge is 0.123 e. The van der Waals surface area contributed by atoms with Gasteiger partial charge in [0.2, 0.25) is 0 Å². The zero-order valence-corrected chi connectivity index (χ0v) is 21.2. The van der Waals surface area contributed by atoms with Crippen LogP contribution in [0.3, 0.4) is 0 Å². The van der Waals surface area contributed by atoms with Gasteiger partial charge in [0.05, 0.1) is 0 Å². The highest BCUT2D eigenvalue weighted by Gasteiger charge is 2.24. The Morgan fingerprint density at radius 3 is 2.00 bits per heavy atom. The Bertz CT molecular complexity index is 762. The van der Waals surface area contributed by atoms with Crippen molar-refractivity contribution >= 4 is 25.5 Å². The van der Waals surface area contributed by atoms with Gasteiger partial charge in [-0.1, -0.05) is 106 Å². The highest BCUT2D eigenvalue weighted by atomic mass is 35.5. The molecular formula is C27H40ClP. The normalized spacial score (nSPS) is 13.3. The second kappa shape index (κ2) is 11.5. The molecule has 0 aliphatic heterocycles. The van der Waals surface area contributed by atoms with Gasteiger partial charge in [-0.15, -0.1) is 11.6 Å². The smallest absolute Gasteiger partial charge is 0.0375 e. The first kappa shape index (κ1) is 24.4. The van der Waals surface area contributed by atoms with E-state index in [4.69, 9.17) is 11.6 Å². The van der Waals surface area contributed by atoms with E-state index in [-0.39, 0.29) is 0 Å². The lowest BCUT2D eigenvalue weighted by molar-refractivity contribution is 0.711. The van der Waals surface area contributed by atoms with Crippen molar-refractivity contribution in [1.29, 1.82) is 0 Å². The van der Waals surface area contributed by atoms with Gasteiger partial charge in [0.25, 0.3) is 0 Å². The van der Waals surface area contributed by atoms with Crippen LogP contribution in [-0.2, 0) is 0 Å². The Morgan fingerprint density at radius 2 is 1.48 bits per heavy atom. The van der Waals surface area contributed by atoms with E-state index in [1.165, 1.54) is 35.1 Å². The van der Waals surface area contributed by atoms with Crippen molar-refractivity contribution in [2.24, 2.45) is 0 Å². The van der Waals surface area contributed by atoms with Gasteiger partial charge in [-0.25, -0.2) is 0 Å². The van der Waals surface area contributed by atoms with Crippen LogP contribution in [0.1, 0.15) is 102 Å². The van der Waals surface area contributed by atoms with E-state index in [0.29, 0.717) is 23.1 Å². The van der Waals surface area contributed by atoms with Gasteiger partial charge < -0.3 is 0 Å². The summed E-state index contributed by atoms with van der Waals surface area (Å²) in [7, 11) is 0.779. The quantitative estimate of drug-likeness (QED) is 0.261. The minimum atomic E-state index is 0.290. The first-order chi connectivity index (χ1) is 13.8. The maximum atomic E-state index is 6.72. The molecule has 29 heavy (non-hydrogen) atoms. The monoisotopic (exact) mass is 430 g/mol. The Labute approximate surface area is 186 Å². The van der Waals surface area contributed by atoms with Crippen molar-refractivity contribution in [3.05, 3.63) is 53.1 Å². The summed E-state index contributed by atoms with van der Waals surface area (Å²) in [6.07, 6.45) is 4.68. The second-order valence-electron chi connectivity index (χ2n) is 9.17. The summed E-state index contributed by atoms with van der Waals surface area (Å²) in [5.41, 5.74) is 7.42. The molecule has 2 unspecified atom stereocenters. The summed E-state index contributed by atoms with van der Waals surface area (Å²) in [5.74, 6) is 1.53. The maximum Gasteiger partial charge on any atom is 0.0375 e. The average Bonchev–Trinajstić information content (AvgIpc) is 2.69. The van der Waals surface area contributed by atoms with Gasteiger partial charge in [-0.05, 0) is 63.5 Å². The molecule has 0 heterocycles. The van der Waals surface area contributed by atoms with E-state index in [2.05, 4.69) is 84.9 Å². The number of rotatable bonds is 10. The molecule has 0 saturated carbocycles. The van der Waals surface area contributed by atoms with Gasteiger partial charge >= 0.3 is 0 Å². The summed E-state index contributed by atoms with van der Waals surface area (Å²) in [6.45, 7) is 16.3. The van der Waals surface area contributed by atoms with Crippen LogP contribution in [0.2, 0.25) is 0 Å².